The second kappa shape index (κ2) is 18.8. The first-order valence-corrected chi connectivity index (χ1v) is 16.9. The van der Waals surface area contributed by atoms with Crippen molar-refractivity contribution in [3.05, 3.63) is 64.7 Å². The van der Waals surface area contributed by atoms with Gasteiger partial charge in [-0.15, -0.1) is 0 Å². The molecule has 0 aliphatic heterocycles. The Labute approximate surface area is 251 Å². The van der Waals surface area contributed by atoms with E-state index >= 15 is 0 Å². The van der Waals surface area contributed by atoms with Crippen molar-refractivity contribution in [1.82, 2.24) is 0 Å². The van der Waals surface area contributed by atoms with Crippen LogP contribution in [-0.4, -0.2) is 5.97 Å². The van der Waals surface area contributed by atoms with Crippen molar-refractivity contribution in [3.8, 4) is 11.8 Å². The van der Waals surface area contributed by atoms with Crippen LogP contribution in [0.1, 0.15) is 164 Å². The van der Waals surface area contributed by atoms with Crippen LogP contribution in [0.15, 0.2) is 42.5 Å². The van der Waals surface area contributed by atoms with E-state index < -0.39 is 0 Å². The van der Waals surface area contributed by atoms with E-state index in [1.54, 1.807) is 0 Å². The summed E-state index contributed by atoms with van der Waals surface area (Å²) >= 11 is 0. The number of aryl methyl sites for hydroxylation is 1. The molecule has 224 valence electrons. The summed E-state index contributed by atoms with van der Waals surface area (Å²) < 4.78 is 5.80. The van der Waals surface area contributed by atoms with E-state index in [1.807, 2.05) is 18.2 Å². The zero-order chi connectivity index (χ0) is 29.3. The van der Waals surface area contributed by atoms with E-state index in [1.165, 1.54) is 94.6 Å². The fourth-order valence-electron chi connectivity index (χ4n) is 6.35. The first kappa shape index (κ1) is 32.9. The largest absolute Gasteiger partial charge is 0.425 e. The Morgan fingerprint density at radius 1 is 0.829 bits per heavy atom. The Hall–Kier alpha value is -2.60. The summed E-state index contributed by atoms with van der Waals surface area (Å²) in [6, 6.07) is 17.3. The summed E-state index contributed by atoms with van der Waals surface area (Å²) in [5.41, 5.74) is 4.48. The van der Waals surface area contributed by atoms with Gasteiger partial charge in [0, 0.05) is 0 Å². The highest BCUT2D eigenvalue weighted by molar-refractivity contribution is 5.76. The molecule has 0 saturated heterocycles. The third-order valence-electron chi connectivity index (χ3n) is 9.22. The molecule has 0 radical (unpaired) electrons. The summed E-state index contributed by atoms with van der Waals surface area (Å²) in [4.78, 5) is 13.0. The van der Waals surface area contributed by atoms with Crippen LogP contribution in [-0.2, 0) is 11.2 Å². The molecule has 1 aliphatic rings. The van der Waals surface area contributed by atoms with Gasteiger partial charge in [0.1, 0.15) is 11.8 Å². The first-order valence-electron chi connectivity index (χ1n) is 16.9. The number of carbonyl (C=O) groups is 1. The van der Waals surface area contributed by atoms with Crippen molar-refractivity contribution < 1.29 is 9.53 Å². The molecule has 41 heavy (non-hydrogen) atoms. The monoisotopic (exact) mass is 557 g/mol. The van der Waals surface area contributed by atoms with E-state index in [9.17, 15) is 10.1 Å². The van der Waals surface area contributed by atoms with Crippen LogP contribution in [0.4, 0.5) is 0 Å². The number of rotatable bonds is 18. The number of esters is 1. The second-order valence-electron chi connectivity index (χ2n) is 12.6. The lowest BCUT2D eigenvalue weighted by molar-refractivity contribution is -0.140. The minimum absolute atomic E-state index is 0.0868. The third-order valence-corrected chi connectivity index (χ3v) is 9.22. The minimum Gasteiger partial charge on any atom is -0.425 e. The average Bonchev–Trinajstić information content (AvgIpc) is 3.01. The predicted molar refractivity (Wildman–Crippen MR) is 171 cm³/mol. The third kappa shape index (κ3) is 11.3. The zero-order valence-corrected chi connectivity index (χ0v) is 26.3. The summed E-state index contributed by atoms with van der Waals surface area (Å²) in [5, 5.41) is 9.74. The van der Waals surface area contributed by atoms with E-state index in [-0.39, 0.29) is 11.9 Å². The molecule has 0 spiro atoms. The van der Waals surface area contributed by atoms with Crippen molar-refractivity contribution in [3.63, 3.8) is 0 Å². The van der Waals surface area contributed by atoms with Crippen LogP contribution in [0.3, 0.4) is 0 Å². The maximum atomic E-state index is 13.0. The SMILES string of the molecule is CCCCCCCCCCc1ccc(C2CCC(C(=O)Oc3ccc(C(C)CCCCCC)cc3C#N)CC2)cc1. The van der Waals surface area contributed by atoms with Gasteiger partial charge < -0.3 is 4.74 Å². The van der Waals surface area contributed by atoms with Crippen LogP contribution >= 0.6 is 0 Å². The standard InChI is InChI=1S/C38H55NO2/c1-4-6-8-10-11-12-13-15-17-31-18-20-32(21-19-31)33-22-24-34(25-23-33)38(40)41-37-27-26-35(28-36(37)29-39)30(3)16-14-9-7-5-2/h18-21,26-28,30,33-34H,4-17,22-25H2,1-3H3. The van der Waals surface area contributed by atoms with Crippen LogP contribution < -0.4 is 4.74 Å². The molecule has 1 saturated carbocycles. The summed E-state index contributed by atoms with van der Waals surface area (Å²) in [7, 11) is 0. The lowest BCUT2D eigenvalue weighted by Gasteiger charge is -2.27. The van der Waals surface area contributed by atoms with Crippen LogP contribution in [0.25, 0.3) is 0 Å². The second-order valence-corrected chi connectivity index (χ2v) is 12.6. The van der Waals surface area contributed by atoms with Crippen molar-refractivity contribution in [2.75, 3.05) is 0 Å². The van der Waals surface area contributed by atoms with E-state index in [0.29, 0.717) is 23.1 Å². The molecular weight excluding hydrogens is 502 g/mol. The van der Waals surface area contributed by atoms with E-state index in [2.05, 4.69) is 51.1 Å². The molecule has 1 fully saturated rings. The Bertz CT molecular complexity index is 1060. The quantitative estimate of drug-likeness (QED) is 0.104. The normalized spacial score (nSPS) is 17.6. The topological polar surface area (TPSA) is 50.1 Å². The molecule has 0 amide bonds. The number of benzene rings is 2. The Morgan fingerprint density at radius 2 is 1.44 bits per heavy atom. The Balaban J connectivity index is 1.41. The smallest absolute Gasteiger partial charge is 0.314 e. The zero-order valence-electron chi connectivity index (χ0n) is 26.3. The Morgan fingerprint density at radius 3 is 2.07 bits per heavy atom. The molecule has 3 nitrogen and oxygen atoms in total. The van der Waals surface area contributed by atoms with Gasteiger partial charge in [-0.2, -0.15) is 5.26 Å². The highest BCUT2D eigenvalue weighted by Gasteiger charge is 2.29. The highest BCUT2D eigenvalue weighted by atomic mass is 16.5. The van der Waals surface area contributed by atoms with Gasteiger partial charge in [0.25, 0.3) is 0 Å². The van der Waals surface area contributed by atoms with Gasteiger partial charge in [-0.05, 0) is 85.6 Å². The van der Waals surface area contributed by atoms with Crippen molar-refractivity contribution >= 4 is 5.97 Å². The summed E-state index contributed by atoms with van der Waals surface area (Å²) in [6.45, 7) is 6.72. The minimum atomic E-state index is -0.180. The lowest BCUT2D eigenvalue weighted by atomic mass is 9.78. The van der Waals surface area contributed by atoms with Gasteiger partial charge in [-0.1, -0.05) is 122 Å². The number of carbonyl (C=O) groups excluding carboxylic acids is 1. The lowest BCUT2D eigenvalue weighted by Crippen LogP contribution is -2.25. The molecule has 1 aliphatic carbocycles. The maximum Gasteiger partial charge on any atom is 0.314 e. The number of hydrogen-bond acceptors (Lipinski definition) is 3. The fourth-order valence-corrected chi connectivity index (χ4v) is 6.35. The molecule has 1 unspecified atom stereocenters. The predicted octanol–water partition coefficient (Wildman–Crippen LogP) is 11.2. The number of hydrogen-bond donors (Lipinski definition) is 0. The number of unbranched alkanes of at least 4 members (excludes halogenated alkanes) is 10. The van der Waals surface area contributed by atoms with Crippen molar-refractivity contribution in [2.24, 2.45) is 5.92 Å². The molecule has 0 N–H and O–H groups in total. The number of nitriles is 1. The summed E-state index contributed by atoms with van der Waals surface area (Å²) in [6.07, 6.45) is 21.9. The maximum absolute atomic E-state index is 13.0. The van der Waals surface area contributed by atoms with Gasteiger partial charge >= 0.3 is 5.97 Å². The van der Waals surface area contributed by atoms with Crippen LogP contribution in [0, 0.1) is 17.2 Å². The van der Waals surface area contributed by atoms with Crippen molar-refractivity contribution in [1.29, 1.82) is 5.26 Å². The van der Waals surface area contributed by atoms with Gasteiger partial charge in [-0.25, -0.2) is 0 Å². The van der Waals surface area contributed by atoms with E-state index in [0.717, 1.165) is 37.7 Å². The molecule has 3 rings (SSSR count). The van der Waals surface area contributed by atoms with E-state index in [4.69, 9.17) is 4.74 Å². The molecule has 3 heteroatoms. The number of ether oxygens (including phenoxy) is 1. The molecule has 0 heterocycles. The van der Waals surface area contributed by atoms with Gasteiger partial charge in [0.2, 0.25) is 0 Å². The fraction of sp³-hybridized carbons (Fsp3) is 0.632. The molecule has 1 atom stereocenters. The molecule has 0 bridgehead atoms. The van der Waals surface area contributed by atoms with Gasteiger partial charge in [0.15, 0.2) is 0 Å². The molecule has 2 aromatic rings. The highest BCUT2D eigenvalue weighted by Crippen LogP contribution is 2.37. The Kier molecular flexibility index (Phi) is 15.1. The van der Waals surface area contributed by atoms with Crippen molar-refractivity contribution in [2.45, 2.75) is 148 Å². The first-order chi connectivity index (χ1) is 20.0. The molecule has 0 aromatic heterocycles. The van der Waals surface area contributed by atoms with Crippen LogP contribution in [0.2, 0.25) is 0 Å². The molecular formula is C38H55NO2. The number of nitrogens with zero attached hydrogens (tertiary/aromatic N) is 1. The van der Waals surface area contributed by atoms with Gasteiger partial charge in [0.05, 0.1) is 11.5 Å². The van der Waals surface area contributed by atoms with Crippen LogP contribution in [0.5, 0.6) is 5.75 Å². The summed E-state index contributed by atoms with van der Waals surface area (Å²) in [5.74, 6) is 1.06. The molecule has 2 aromatic carbocycles. The van der Waals surface area contributed by atoms with Gasteiger partial charge in [-0.3, -0.25) is 4.79 Å². The average molecular weight is 558 g/mol.